The van der Waals surface area contributed by atoms with Crippen molar-refractivity contribution in [2.24, 2.45) is 18.0 Å². The molecular formula is C17H30F3IN6. The van der Waals surface area contributed by atoms with Crippen LogP contribution in [0, 0.1) is 19.8 Å². The molecule has 1 atom stereocenters. The van der Waals surface area contributed by atoms with E-state index in [1.54, 1.807) is 0 Å². The normalized spacial score (nSPS) is 18.5. The first kappa shape index (κ1) is 24.0. The average molecular weight is 502 g/mol. The summed E-state index contributed by atoms with van der Waals surface area (Å²) in [6.07, 6.45) is -3.36. The highest BCUT2D eigenvalue weighted by atomic mass is 127. The van der Waals surface area contributed by atoms with Crippen LogP contribution in [0.4, 0.5) is 13.2 Å². The number of guanidine groups is 1. The minimum Gasteiger partial charge on any atom is -0.357 e. The minimum atomic E-state index is -4.13. The zero-order valence-corrected chi connectivity index (χ0v) is 18.7. The third kappa shape index (κ3) is 7.47. The molecule has 6 nitrogen and oxygen atoms in total. The summed E-state index contributed by atoms with van der Waals surface area (Å²) in [7, 11) is 1.91. The zero-order valence-electron chi connectivity index (χ0n) is 16.4. The Hall–Kier alpha value is -1.04. The van der Waals surface area contributed by atoms with E-state index in [2.05, 4.69) is 20.7 Å². The number of alkyl halides is 3. The molecule has 0 spiro atoms. The Morgan fingerprint density at radius 3 is 2.56 bits per heavy atom. The van der Waals surface area contributed by atoms with Crippen molar-refractivity contribution in [3.8, 4) is 0 Å². The van der Waals surface area contributed by atoms with Gasteiger partial charge in [0.2, 0.25) is 0 Å². The first-order chi connectivity index (χ1) is 12.2. The van der Waals surface area contributed by atoms with Crippen LogP contribution in [0.15, 0.2) is 4.99 Å². The maximum absolute atomic E-state index is 12.5. The predicted molar refractivity (Wildman–Crippen MR) is 112 cm³/mol. The lowest BCUT2D eigenvalue weighted by Crippen LogP contribution is -2.40. The molecule has 2 N–H and O–H groups in total. The summed E-state index contributed by atoms with van der Waals surface area (Å²) >= 11 is 0. The van der Waals surface area contributed by atoms with E-state index in [0.29, 0.717) is 32.1 Å². The fourth-order valence-corrected chi connectivity index (χ4v) is 3.26. The van der Waals surface area contributed by atoms with E-state index in [1.165, 1.54) is 4.90 Å². The molecule has 1 aromatic heterocycles. The van der Waals surface area contributed by atoms with E-state index < -0.39 is 12.7 Å². The van der Waals surface area contributed by atoms with Crippen LogP contribution >= 0.6 is 24.0 Å². The second-order valence-electron chi connectivity index (χ2n) is 6.85. The van der Waals surface area contributed by atoms with Gasteiger partial charge in [-0.05, 0) is 39.7 Å². The minimum absolute atomic E-state index is 0. The summed E-state index contributed by atoms with van der Waals surface area (Å²) < 4.78 is 39.3. The summed E-state index contributed by atoms with van der Waals surface area (Å²) in [5.74, 6) is 0.882. The van der Waals surface area contributed by atoms with Gasteiger partial charge in [-0.25, -0.2) is 4.99 Å². The van der Waals surface area contributed by atoms with Gasteiger partial charge in [0.25, 0.3) is 0 Å². The number of nitrogens with one attached hydrogen (secondary N) is 2. The van der Waals surface area contributed by atoms with Gasteiger partial charge in [0.1, 0.15) is 0 Å². The van der Waals surface area contributed by atoms with Gasteiger partial charge in [-0.1, -0.05) is 0 Å². The Labute approximate surface area is 176 Å². The summed E-state index contributed by atoms with van der Waals surface area (Å²) in [5.41, 5.74) is 3.14. The van der Waals surface area contributed by atoms with E-state index in [0.717, 1.165) is 29.9 Å². The molecule has 2 rings (SSSR count). The molecule has 1 saturated heterocycles. The quantitative estimate of drug-likeness (QED) is 0.357. The van der Waals surface area contributed by atoms with Crippen LogP contribution in [0.25, 0.3) is 0 Å². The monoisotopic (exact) mass is 502 g/mol. The van der Waals surface area contributed by atoms with Crippen molar-refractivity contribution in [2.45, 2.75) is 39.9 Å². The van der Waals surface area contributed by atoms with Crippen molar-refractivity contribution in [3.05, 3.63) is 17.0 Å². The second kappa shape index (κ2) is 10.5. The Morgan fingerprint density at radius 1 is 1.30 bits per heavy atom. The van der Waals surface area contributed by atoms with Crippen LogP contribution in [0.1, 0.15) is 30.3 Å². The molecule has 27 heavy (non-hydrogen) atoms. The van der Waals surface area contributed by atoms with Crippen molar-refractivity contribution >= 4 is 29.9 Å². The largest absolute Gasteiger partial charge is 0.401 e. The van der Waals surface area contributed by atoms with Gasteiger partial charge in [-0.15, -0.1) is 24.0 Å². The summed E-state index contributed by atoms with van der Waals surface area (Å²) in [4.78, 5) is 6.08. The smallest absolute Gasteiger partial charge is 0.357 e. The molecule has 0 saturated carbocycles. The molecule has 0 radical (unpaired) electrons. The summed E-state index contributed by atoms with van der Waals surface area (Å²) in [5, 5.41) is 10.8. The number of aryl methyl sites for hydroxylation is 2. The molecule has 1 fully saturated rings. The lowest BCUT2D eigenvalue weighted by molar-refractivity contribution is -0.143. The summed E-state index contributed by atoms with van der Waals surface area (Å²) in [6, 6.07) is 0. The van der Waals surface area contributed by atoms with Gasteiger partial charge in [0.15, 0.2) is 5.96 Å². The van der Waals surface area contributed by atoms with Crippen molar-refractivity contribution in [3.63, 3.8) is 0 Å². The molecule has 2 heterocycles. The predicted octanol–water partition coefficient (Wildman–Crippen LogP) is 2.59. The Balaban J connectivity index is 0.00000364. The van der Waals surface area contributed by atoms with Crippen molar-refractivity contribution < 1.29 is 13.2 Å². The molecule has 1 aliphatic rings. The number of aliphatic imine (C=N–C) groups is 1. The molecule has 0 aliphatic carbocycles. The van der Waals surface area contributed by atoms with E-state index in [4.69, 9.17) is 0 Å². The maximum Gasteiger partial charge on any atom is 0.401 e. The number of rotatable bonds is 6. The van der Waals surface area contributed by atoms with Gasteiger partial charge >= 0.3 is 6.18 Å². The molecule has 1 aromatic rings. The average Bonchev–Trinajstić information content (AvgIpc) is 3.06. The van der Waals surface area contributed by atoms with E-state index in [1.807, 2.05) is 32.5 Å². The second-order valence-corrected chi connectivity index (χ2v) is 6.85. The summed E-state index contributed by atoms with van der Waals surface area (Å²) in [6.45, 7) is 7.96. The first-order valence-electron chi connectivity index (χ1n) is 9.00. The van der Waals surface area contributed by atoms with Gasteiger partial charge in [-0.2, -0.15) is 18.3 Å². The van der Waals surface area contributed by atoms with Crippen LogP contribution in [0.3, 0.4) is 0 Å². The Morgan fingerprint density at radius 2 is 2.00 bits per heavy atom. The van der Waals surface area contributed by atoms with Crippen LogP contribution in [-0.2, 0) is 13.6 Å². The van der Waals surface area contributed by atoms with Crippen molar-refractivity contribution in [1.82, 2.24) is 25.3 Å². The number of likely N-dealkylation sites (tertiary alicyclic amines) is 1. The van der Waals surface area contributed by atoms with Crippen molar-refractivity contribution in [1.29, 1.82) is 0 Å². The van der Waals surface area contributed by atoms with E-state index in [-0.39, 0.29) is 29.9 Å². The zero-order chi connectivity index (χ0) is 19.3. The first-order valence-corrected chi connectivity index (χ1v) is 9.00. The van der Waals surface area contributed by atoms with Gasteiger partial charge in [0.05, 0.1) is 18.8 Å². The maximum atomic E-state index is 12.5. The third-order valence-electron chi connectivity index (χ3n) is 4.73. The van der Waals surface area contributed by atoms with Crippen LogP contribution in [0.5, 0.6) is 0 Å². The van der Waals surface area contributed by atoms with Crippen LogP contribution in [0.2, 0.25) is 0 Å². The topological polar surface area (TPSA) is 57.5 Å². The highest BCUT2D eigenvalue weighted by Gasteiger charge is 2.34. The van der Waals surface area contributed by atoms with Crippen LogP contribution in [-0.4, -0.2) is 59.5 Å². The van der Waals surface area contributed by atoms with Gasteiger partial charge in [0, 0.05) is 37.9 Å². The number of hydrogen-bond acceptors (Lipinski definition) is 3. The van der Waals surface area contributed by atoms with Gasteiger partial charge in [-0.3, -0.25) is 9.58 Å². The number of aromatic nitrogens is 2. The highest BCUT2D eigenvalue weighted by molar-refractivity contribution is 14.0. The SMILES string of the molecule is CCNC(=NCc1c(C)nn(C)c1C)NCC1CCN(CC(F)(F)F)C1.I. The molecular weight excluding hydrogens is 472 g/mol. The highest BCUT2D eigenvalue weighted by Crippen LogP contribution is 2.22. The molecule has 1 aliphatic heterocycles. The number of hydrogen-bond donors (Lipinski definition) is 2. The lowest BCUT2D eigenvalue weighted by atomic mass is 10.1. The fourth-order valence-electron chi connectivity index (χ4n) is 3.26. The van der Waals surface area contributed by atoms with Crippen molar-refractivity contribution in [2.75, 3.05) is 32.7 Å². The molecule has 0 aromatic carbocycles. The van der Waals surface area contributed by atoms with E-state index in [9.17, 15) is 13.2 Å². The molecule has 156 valence electrons. The fraction of sp³-hybridized carbons (Fsp3) is 0.765. The third-order valence-corrected chi connectivity index (χ3v) is 4.73. The number of nitrogens with zero attached hydrogens (tertiary/aromatic N) is 4. The standard InChI is InChI=1S/C17H29F3N6.HI/c1-5-21-16(23-9-15-12(2)24-25(4)13(15)3)22-8-14-6-7-26(10-14)11-17(18,19)20;/h14H,5-11H2,1-4H3,(H2,21,22,23);1H. The van der Waals surface area contributed by atoms with Gasteiger partial charge < -0.3 is 10.6 Å². The molecule has 0 bridgehead atoms. The molecule has 10 heteroatoms. The van der Waals surface area contributed by atoms with Crippen LogP contribution < -0.4 is 10.6 Å². The Bertz CT molecular complexity index is 629. The number of halogens is 4. The molecule has 1 unspecified atom stereocenters. The van der Waals surface area contributed by atoms with E-state index >= 15 is 0 Å². The molecule has 0 amide bonds. The lowest BCUT2D eigenvalue weighted by Gasteiger charge is -2.18. The Kier molecular flexibility index (Phi) is 9.32.